The fourth-order valence-electron chi connectivity index (χ4n) is 6.34. The Morgan fingerprint density at radius 2 is 1.91 bits per heavy atom. The second kappa shape index (κ2) is 8.96. The molecule has 0 spiro atoms. The van der Waals surface area contributed by atoms with Gasteiger partial charge in [0.25, 0.3) is 0 Å². The van der Waals surface area contributed by atoms with Crippen molar-refractivity contribution < 1.29 is 24.2 Å². The number of carboxylic acid groups (broad SMARTS) is 1. The lowest BCUT2D eigenvalue weighted by atomic mass is 9.78. The van der Waals surface area contributed by atoms with Crippen molar-refractivity contribution in [3.05, 3.63) is 33.8 Å². The molecule has 1 aliphatic carbocycles. The lowest BCUT2D eigenvalue weighted by Gasteiger charge is -2.48. The standard InChI is InChI=1S/C26H34ClN3O5/c1-26(2,3)23-22(29(25(33)34)8-9-35-23)19-11-17(27)10-15-6-7-28(14-20(15)19)24(32)30-13-16-4-5-18(30)12-21(16)31/h10-11,16,18,22-23H,4-9,12-14H2,1-3H3,(H,33,34)/t16?,18?,22-,23?/m1/s1. The number of rotatable bonds is 1. The molecule has 3 amide bonds. The van der Waals surface area contributed by atoms with Gasteiger partial charge in [-0.15, -0.1) is 0 Å². The third kappa shape index (κ3) is 4.40. The summed E-state index contributed by atoms with van der Waals surface area (Å²) >= 11 is 6.54. The number of ketones is 1. The Bertz CT molecular complexity index is 1050. The van der Waals surface area contributed by atoms with Crippen LogP contribution >= 0.6 is 11.6 Å². The summed E-state index contributed by atoms with van der Waals surface area (Å²) in [5.41, 5.74) is 2.53. The van der Waals surface area contributed by atoms with Crippen LogP contribution in [0.4, 0.5) is 9.59 Å². The highest BCUT2D eigenvalue weighted by molar-refractivity contribution is 6.30. The monoisotopic (exact) mass is 503 g/mol. The van der Waals surface area contributed by atoms with Gasteiger partial charge in [-0.1, -0.05) is 32.4 Å². The molecule has 1 aromatic rings. The van der Waals surface area contributed by atoms with Crippen molar-refractivity contribution in [2.24, 2.45) is 11.3 Å². The molecule has 3 saturated heterocycles. The van der Waals surface area contributed by atoms with Crippen LogP contribution in [0.15, 0.2) is 12.1 Å². The molecule has 6 rings (SSSR count). The third-order valence-corrected chi connectivity index (χ3v) is 8.34. The number of morpholine rings is 1. The lowest BCUT2D eigenvalue weighted by Crippen LogP contribution is -2.58. The van der Waals surface area contributed by atoms with Crippen molar-refractivity contribution in [2.45, 2.75) is 71.2 Å². The first-order valence-corrected chi connectivity index (χ1v) is 12.9. The molecule has 1 saturated carbocycles. The minimum Gasteiger partial charge on any atom is -0.465 e. The molecule has 35 heavy (non-hydrogen) atoms. The summed E-state index contributed by atoms with van der Waals surface area (Å²) in [6, 6.07) is 3.23. The molecule has 0 aromatic heterocycles. The van der Waals surface area contributed by atoms with Gasteiger partial charge in [0.05, 0.1) is 18.8 Å². The van der Waals surface area contributed by atoms with E-state index in [1.807, 2.05) is 21.9 Å². The molecular formula is C26H34ClN3O5. The Labute approximate surface area is 211 Å². The van der Waals surface area contributed by atoms with Gasteiger partial charge < -0.3 is 19.6 Å². The van der Waals surface area contributed by atoms with Crippen molar-refractivity contribution in [3.8, 4) is 0 Å². The van der Waals surface area contributed by atoms with E-state index < -0.39 is 12.1 Å². The van der Waals surface area contributed by atoms with Gasteiger partial charge in [-0.05, 0) is 53.5 Å². The SMILES string of the molecule is CC(C)(C)C1OCCN(C(=O)O)[C@@H]1c1cc(Cl)cc2c1CN(C(=O)N1CC3CCC1CC3=O)CC2. The van der Waals surface area contributed by atoms with E-state index in [1.165, 1.54) is 4.90 Å². The molecule has 8 nitrogen and oxygen atoms in total. The highest BCUT2D eigenvalue weighted by Gasteiger charge is 2.46. The van der Waals surface area contributed by atoms with Gasteiger partial charge in [-0.25, -0.2) is 9.59 Å². The molecule has 1 N–H and O–H groups in total. The Morgan fingerprint density at radius 1 is 1.14 bits per heavy atom. The summed E-state index contributed by atoms with van der Waals surface area (Å²) in [5.74, 6) is 0.247. The normalized spacial score (nSPS) is 28.8. The first-order valence-electron chi connectivity index (χ1n) is 12.5. The Morgan fingerprint density at radius 3 is 2.54 bits per heavy atom. The van der Waals surface area contributed by atoms with Gasteiger partial charge in [0.2, 0.25) is 0 Å². The lowest BCUT2D eigenvalue weighted by molar-refractivity contribution is -0.131. The molecule has 5 aliphatic rings. The zero-order chi connectivity index (χ0) is 25.1. The van der Waals surface area contributed by atoms with Crippen LogP contribution in [0.2, 0.25) is 5.02 Å². The summed E-state index contributed by atoms with van der Waals surface area (Å²) in [4.78, 5) is 43.3. The predicted molar refractivity (Wildman–Crippen MR) is 130 cm³/mol. The first kappa shape index (κ1) is 24.4. The van der Waals surface area contributed by atoms with Gasteiger partial charge in [0.15, 0.2) is 0 Å². The molecule has 2 bridgehead atoms. The summed E-state index contributed by atoms with van der Waals surface area (Å²) in [5, 5.41) is 10.6. The number of benzene rings is 1. The van der Waals surface area contributed by atoms with Crippen LogP contribution in [0.3, 0.4) is 0 Å². The van der Waals surface area contributed by atoms with Gasteiger partial charge in [-0.2, -0.15) is 0 Å². The number of amides is 3. The van der Waals surface area contributed by atoms with Crippen LogP contribution in [0.5, 0.6) is 0 Å². The van der Waals surface area contributed by atoms with Crippen molar-refractivity contribution >= 4 is 29.5 Å². The van der Waals surface area contributed by atoms with E-state index in [0.29, 0.717) is 44.1 Å². The molecule has 4 fully saturated rings. The molecule has 1 aromatic carbocycles. The number of Topliss-reactive ketones (excluding diaryl/α,β-unsaturated/α-hetero) is 1. The number of urea groups is 1. The maximum Gasteiger partial charge on any atom is 0.407 e. The topological polar surface area (TPSA) is 90.4 Å². The Balaban J connectivity index is 1.49. The molecular weight excluding hydrogens is 470 g/mol. The largest absolute Gasteiger partial charge is 0.465 e. The number of hydrogen-bond acceptors (Lipinski definition) is 4. The van der Waals surface area contributed by atoms with E-state index in [2.05, 4.69) is 20.8 Å². The van der Waals surface area contributed by atoms with Crippen molar-refractivity contribution in [3.63, 3.8) is 0 Å². The van der Waals surface area contributed by atoms with Crippen LogP contribution < -0.4 is 0 Å². The summed E-state index contributed by atoms with van der Waals surface area (Å²) < 4.78 is 6.16. The summed E-state index contributed by atoms with van der Waals surface area (Å²) in [7, 11) is 0. The van der Waals surface area contributed by atoms with Crippen LogP contribution in [0.25, 0.3) is 0 Å². The molecule has 3 unspecified atom stereocenters. The average molecular weight is 504 g/mol. The fourth-order valence-corrected chi connectivity index (χ4v) is 6.59. The van der Waals surface area contributed by atoms with Crippen molar-refractivity contribution in [2.75, 3.05) is 26.2 Å². The summed E-state index contributed by atoms with van der Waals surface area (Å²) in [6.07, 6.45) is 1.52. The zero-order valence-corrected chi connectivity index (χ0v) is 21.4. The quantitative estimate of drug-likeness (QED) is 0.615. The van der Waals surface area contributed by atoms with Crippen LogP contribution in [-0.2, 0) is 22.5 Å². The number of halogens is 1. The highest BCUT2D eigenvalue weighted by atomic mass is 35.5. The Kier molecular flexibility index (Phi) is 6.24. The van der Waals surface area contributed by atoms with Crippen molar-refractivity contribution in [1.82, 2.24) is 14.7 Å². The van der Waals surface area contributed by atoms with Crippen LogP contribution in [-0.4, -0.2) is 76.1 Å². The number of nitrogens with zero attached hydrogens (tertiary/aromatic N) is 3. The van der Waals surface area contributed by atoms with Gasteiger partial charge in [0, 0.05) is 49.6 Å². The number of hydrogen-bond donors (Lipinski definition) is 1. The number of ether oxygens (including phenoxy) is 1. The van der Waals surface area contributed by atoms with Gasteiger partial charge in [0.1, 0.15) is 5.78 Å². The van der Waals surface area contributed by atoms with E-state index >= 15 is 0 Å². The molecule has 0 radical (unpaired) electrons. The molecule has 9 heteroatoms. The number of carbonyl (C=O) groups is 3. The first-order chi connectivity index (χ1) is 16.5. The fraction of sp³-hybridized carbons (Fsp3) is 0.654. The van der Waals surface area contributed by atoms with Gasteiger partial charge >= 0.3 is 12.1 Å². The average Bonchev–Trinajstić information content (AvgIpc) is 2.82. The maximum absolute atomic E-state index is 13.6. The zero-order valence-electron chi connectivity index (χ0n) is 20.6. The third-order valence-electron chi connectivity index (χ3n) is 8.13. The number of fused-ring (bicyclic) bond motifs is 4. The van der Waals surface area contributed by atoms with Crippen LogP contribution in [0, 0.1) is 11.3 Å². The van der Waals surface area contributed by atoms with E-state index in [-0.39, 0.29) is 41.8 Å². The van der Waals surface area contributed by atoms with Crippen LogP contribution in [0.1, 0.15) is 62.8 Å². The Hall–Kier alpha value is -2.32. The van der Waals surface area contributed by atoms with E-state index in [9.17, 15) is 19.5 Å². The number of piperidine rings is 2. The minimum atomic E-state index is -0.987. The molecule has 4 aliphatic heterocycles. The maximum atomic E-state index is 13.6. The summed E-state index contributed by atoms with van der Waals surface area (Å²) in [6.45, 7) is 8.24. The minimum absolute atomic E-state index is 0.00870. The smallest absolute Gasteiger partial charge is 0.407 e. The van der Waals surface area contributed by atoms with Gasteiger partial charge in [-0.3, -0.25) is 9.69 Å². The molecule has 190 valence electrons. The second-order valence-corrected chi connectivity index (χ2v) is 11.9. The van der Waals surface area contributed by atoms with Crippen molar-refractivity contribution in [1.29, 1.82) is 0 Å². The second-order valence-electron chi connectivity index (χ2n) is 11.4. The van der Waals surface area contributed by atoms with E-state index in [0.717, 1.165) is 29.5 Å². The molecule has 4 heterocycles. The van der Waals surface area contributed by atoms with E-state index in [4.69, 9.17) is 16.3 Å². The number of carbonyl (C=O) groups excluding carboxylic acids is 2. The van der Waals surface area contributed by atoms with E-state index in [1.54, 1.807) is 0 Å². The molecule has 4 atom stereocenters. The highest BCUT2D eigenvalue weighted by Crippen LogP contribution is 2.43. The predicted octanol–water partition coefficient (Wildman–Crippen LogP) is 4.34.